The molecule has 0 amide bonds. The predicted molar refractivity (Wildman–Crippen MR) is 119 cm³/mol. The molecule has 5 heterocycles. The number of alkyl halides is 12. The smallest absolute Gasteiger partial charge is 0.241 e. The Hall–Kier alpha value is -4.94. The van der Waals surface area contributed by atoms with Gasteiger partial charge in [-0.3, -0.25) is 0 Å². The fraction of sp³-hybridized carbons (Fsp3) is 0.167. The zero-order chi connectivity index (χ0) is 38.1. The first-order chi connectivity index (χ1) is 22.6. The molecule has 0 spiro atoms. The number of hydrogen-bond donors (Lipinski definition) is 0. The van der Waals surface area contributed by atoms with E-state index in [1.807, 2.05) is 0 Å². The summed E-state index contributed by atoms with van der Waals surface area (Å²) < 4.78 is 320. The minimum Gasteiger partial charge on any atom is -0.241 e. The van der Waals surface area contributed by atoms with E-state index in [2.05, 4.69) is 9.97 Å². The number of aromatic nitrogens is 4. The fourth-order valence-corrected chi connectivity index (χ4v) is 4.84. The van der Waals surface area contributed by atoms with E-state index in [4.69, 9.17) is 0 Å². The number of nitrogens with zero attached hydrogens (tertiary/aromatic N) is 4. The Labute approximate surface area is 255 Å². The summed E-state index contributed by atoms with van der Waals surface area (Å²) in [5.74, 6) is -27.8. The number of rotatable bonds is 0. The normalized spacial score (nSPS) is 14.8. The van der Waals surface area contributed by atoms with Crippen LogP contribution in [0.5, 0.6) is 0 Å². The van der Waals surface area contributed by atoms with Crippen LogP contribution in [-0.4, -0.2) is 19.5 Å². The highest BCUT2D eigenvalue weighted by Crippen LogP contribution is 2.51. The van der Waals surface area contributed by atoms with Crippen molar-refractivity contribution in [2.75, 3.05) is 0 Å². The van der Waals surface area contributed by atoms with Crippen LogP contribution in [0.25, 0.3) is 45.4 Å². The van der Waals surface area contributed by atoms with E-state index in [1.165, 1.54) is 0 Å². The van der Waals surface area contributed by atoms with E-state index in [1.54, 1.807) is 0 Å². The maximum absolute atomic E-state index is 15.4. The average Bonchev–Trinajstić information content (AvgIpc) is 3.53. The summed E-state index contributed by atoms with van der Waals surface area (Å²) in [6, 6.07) is 0. The molecule has 3 aromatic heterocycles. The van der Waals surface area contributed by atoms with Gasteiger partial charge in [-0.2, -0.15) is 62.3 Å². The molecule has 270 valence electrons. The summed E-state index contributed by atoms with van der Waals surface area (Å²) in [7, 11) is 0. The quantitative estimate of drug-likeness (QED) is 0.214. The highest BCUT2D eigenvalue weighted by molar-refractivity contribution is 5.93. The zero-order valence-electron chi connectivity index (χ0n) is 22.1. The maximum atomic E-state index is 15.4. The first-order valence-electron chi connectivity index (χ1n) is 11.9. The van der Waals surface area contributed by atoms with E-state index in [9.17, 15) is 87.8 Å². The van der Waals surface area contributed by atoms with E-state index in [-0.39, 0.29) is 0 Å². The van der Waals surface area contributed by atoms with Gasteiger partial charge >= 0.3 is 24.7 Å². The second-order valence-corrected chi connectivity index (χ2v) is 9.58. The molecule has 0 N–H and O–H groups in total. The van der Waals surface area contributed by atoms with Crippen molar-refractivity contribution in [2.24, 2.45) is 0 Å². The van der Waals surface area contributed by atoms with E-state index < -0.39 is 148 Å². The Kier molecular flexibility index (Phi) is 7.83. The summed E-state index contributed by atoms with van der Waals surface area (Å²) in [5.41, 5.74) is -40.3. The van der Waals surface area contributed by atoms with Gasteiger partial charge in [0.25, 0.3) is 0 Å². The lowest BCUT2D eigenvalue weighted by molar-refractivity contribution is -0.138. The SMILES string of the molecule is FC1=C(F)c2nc1c(C(F)(F)F)c1c(F)c(F)c(c(C(F)(F)F)c3nc(c(C(F)(F)F)c4c(F)c(F)c(c2C(F)(F)F)n4F)C(F)=C3F)n1F. The van der Waals surface area contributed by atoms with Crippen LogP contribution in [0.15, 0.2) is 0 Å². The molecule has 26 heteroatoms. The number of halogens is 22. The lowest BCUT2D eigenvalue weighted by Crippen LogP contribution is -2.13. The molecule has 0 aromatic carbocycles. The molecule has 0 unspecified atom stereocenters. The van der Waals surface area contributed by atoms with Crippen LogP contribution in [0, 0.1) is 23.3 Å². The highest BCUT2D eigenvalue weighted by Gasteiger charge is 2.50. The average molecular weight is 762 g/mol. The van der Waals surface area contributed by atoms with Crippen LogP contribution in [0.1, 0.15) is 45.0 Å². The summed E-state index contributed by atoms with van der Waals surface area (Å²) >= 11 is 0. The Morgan fingerprint density at radius 2 is 0.480 bits per heavy atom. The van der Waals surface area contributed by atoms with Gasteiger partial charge < -0.3 is 0 Å². The Bertz CT molecular complexity index is 1950. The standard InChI is InChI=1S/C24F22N4/c25-5-6(26)14-2(22(36,37)38)19-11(31)12(32)20(50(19)46)4(24(42,43)44)16-8(28)7(27)15(48-16)3(23(39,40)41)18-10(30)9(29)17(49(18)45)1(13(5)47-14)21(33,34)35. The molecule has 0 saturated carbocycles. The lowest BCUT2D eigenvalue weighted by Gasteiger charge is -2.11. The summed E-state index contributed by atoms with van der Waals surface area (Å²) in [6.45, 7) is 0. The molecule has 0 fully saturated rings. The Balaban J connectivity index is 2.40. The summed E-state index contributed by atoms with van der Waals surface area (Å²) in [6.07, 6.45) is -27.0. The van der Waals surface area contributed by atoms with Crippen LogP contribution in [0.2, 0.25) is 0 Å². The van der Waals surface area contributed by atoms with Crippen molar-refractivity contribution in [3.63, 3.8) is 0 Å². The van der Waals surface area contributed by atoms with Gasteiger partial charge in [0.1, 0.15) is 67.1 Å². The molecule has 50 heavy (non-hydrogen) atoms. The largest absolute Gasteiger partial charge is 0.420 e. The molecule has 8 bridgehead atoms. The minimum atomic E-state index is -6.74. The van der Waals surface area contributed by atoms with Crippen LogP contribution < -0.4 is 0 Å². The first kappa shape index (κ1) is 36.3. The topological polar surface area (TPSA) is 35.6 Å². The van der Waals surface area contributed by atoms with Crippen molar-refractivity contribution < 1.29 is 96.8 Å². The van der Waals surface area contributed by atoms with Gasteiger partial charge in [0, 0.05) is 0 Å². The van der Waals surface area contributed by atoms with Crippen molar-refractivity contribution in [1.82, 2.24) is 19.5 Å². The van der Waals surface area contributed by atoms with Gasteiger partial charge in [-0.15, -0.1) is 0 Å². The predicted octanol–water partition coefficient (Wildman–Crippen LogP) is 10.9. The van der Waals surface area contributed by atoms with Gasteiger partial charge in [-0.1, -0.05) is 8.96 Å². The number of hydrogen-bond acceptors (Lipinski definition) is 2. The van der Waals surface area contributed by atoms with Crippen molar-refractivity contribution in [1.29, 1.82) is 0 Å². The second-order valence-electron chi connectivity index (χ2n) is 9.58. The van der Waals surface area contributed by atoms with Crippen LogP contribution in [0.3, 0.4) is 0 Å². The van der Waals surface area contributed by atoms with Crippen LogP contribution in [-0.2, 0) is 24.7 Å². The third-order valence-corrected chi connectivity index (χ3v) is 6.69. The fourth-order valence-electron chi connectivity index (χ4n) is 4.84. The van der Waals surface area contributed by atoms with Crippen LogP contribution >= 0.6 is 0 Å². The van der Waals surface area contributed by atoms with Gasteiger partial charge in [0.15, 0.2) is 46.6 Å². The minimum absolute atomic E-state index is 2.11. The summed E-state index contributed by atoms with van der Waals surface area (Å²) in [4.78, 5) is -0.590. The first-order valence-corrected chi connectivity index (χ1v) is 11.9. The molecule has 2 aliphatic heterocycles. The second kappa shape index (κ2) is 10.8. The molecular weight excluding hydrogens is 762 g/mol. The van der Waals surface area contributed by atoms with Crippen LogP contribution in [0.4, 0.5) is 96.8 Å². The zero-order valence-corrected chi connectivity index (χ0v) is 22.1. The van der Waals surface area contributed by atoms with Gasteiger partial charge in [-0.05, 0) is 0 Å². The molecule has 0 aliphatic carbocycles. The van der Waals surface area contributed by atoms with E-state index in [0.29, 0.717) is 0 Å². The van der Waals surface area contributed by atoms with Gasteiger partial charge in [-0.25, -0.2) is 45.1 Å². The van der Waals surface area contributed by atoms with Crippen molar-refractivity contribution in [2.45, 2.75) is 24.7 Å². The van der Waals surface area contributed by atoms with E-state index in [0.717, 1.165) is 0 Å². The van der Waals surface area contributed by atoms with Gasteiger partial charge in [0.2, 0.25) is 0 Å². The van der Waals surface area contributed by atoms with Crippen molar-refractivity contribution in [3.05, 3.63) is 68.3 Å². The molecule has 0 radical (unpaired) electrons. The molecule has 3 aromatic rings. The third-order valence-electron chi connectivity index (χ3n) is 6.69. The Morgan fingerprint density at radius 3 is 0.620 bits per heavy atom. The van der Waals surface area contributed by atoms with Crippen molar-refractivity contribution in [3.8, 4) is 0 Å². The molecule has 4 nitrogen and oxygen atoms in total. The molecular formula is C24F22N4. The lowest BCUT2D eigenvalue weighted by atomic mass is 10.1. The Morgan fingerprint density at radius 1 is 0.320 bits per heavy atom. The number of fused-ring (bicyclic) bond motifs is 8. The summed E-state index contributed by atoms with van der Waals surface area (Å²) in [5, 5.41) is 0. The monoisotopic (exact) mass is 762 g/mol. The van der Waals surface area contributed by atoms with Gasteiger partial charge in [0.05, 0.1) is 0 Å². The molecule has 0 saturated heterocycles. The van der Waals surface area contributed by atoms with E-state index >= 15 is 8.96 Å². The third kappa shape index (κ3) is 5.03. The van der Waals surface area contributed by atoms with Crippen molar-refractivity contribution >= 4 is 45.4 Å². The molecule has 5 rings (SSSR count). The molecule has 0 atom stereocenters. The maximum Gasteiger partial charge on any atom is 0.420 e. The molecule has 2 aliphatic rings. The highest BCUT2D eigenvalue weighted by atomic mass is 19.4.